The molecule has 0 aliphatic carbocycles. The molecular formula is C120H68N6O3S3. The van der Waals surface area contributed by atoms with Crippen molar-refractivity contribution in [1.29, 1.82) is 0 Å². The van der Waals surface area contributed by atoms with Gasteiger partial charge in [-0.15, -0.1) is 34.0 Å². The number of para-hydroxylation sites is 2. The molecule has 132 heavy (non-hydrogen) atoms. The second-order valence-electron chi connectivity index (χ2n) is 33.8. The van der Waals surface area contributed by atoms with Gasteiger partial charge in [-0.1, -0.05) is 273 Å². The lowest BCUT2D eigenvalue weighted by Crippen LogP contribution is -1.96. The van der Waals surface area contributed by atoms with Gasteiger partial charge in [0.2, 0.25) is 0 Å². The van der Waals surface area contributed by atoms with E-state index in [0.717, 1.165) is 177 Å². The highest BCUT2D eigenvalue weighted by Crippen LogP contribution is 2.48. The van der Waals surface area contributed by atoms with Crippen molar-refractivity contribution in [2.45, 2.75) is 0 Å². The molecule has 29 aromatic rings. The number of nitrogens with zero attached hydrogens (tertiary/aromatic N) is 6. The number of benzene rings is 20. The van der Waals surface area contributed by atoms with E-state index in [1.54, 1.807) is 0 Å². The van der Waals surface area contributed by atoms with Gasteiger partial charge < -0.3 is 13.3 Å². The van der Waals surface area contributed by atoms with Crippen molar-refractivity contribution >= 4 is 225 Å². The molecule has 9 aromatic heterocycles. The van der Waals surface area contributed by atoms with Crippen molar-refractivity contribution in [1.82, 2.24) is 29.9 Å². The standard InChI is InChI=1S/2C42H24N2OS.C36H20N2OS/c1-2-9-25(10-3-1)40-32-18-19-35-39(34-23-27-11-4-5-12-28(27)24-36(34)45-35)41(32)44-42(43-40)30-14-8-13-26(21-30)29-17-20-38-33(22-29)31-15-6-7-16-37(31)46-38;1-2-8-26(9-3-1)40-32-19-21-37-39(34-23-28-10-4-5-11-29(28)24-38(34)46-37)41(32)44-42(43-40)27-16-14-25(15-17-27)30-18-20-36-33(22-30)31-12-6-7-13-35(31)45-36;1-2-8-21(9-3-1)34-26-15-17-31-33(28-18-22-10-4-5-11-23(22)20-32(28)40-31)35(26)38-36(37-34)24-14-16-30-27(19-24)25-12-6-7-13-29(25)39-30/h2*1-24H;1-20H. The van der Waals surface area contributed by atoms with Gasteiger partial charge >= 0.3 is 0 Å². The van der Waals surface area contributed by atoms with Gasteiger partial charge in [0, 0.05) is 137 Å². The molecule has 0 fully saturated rings. The predicted molar refractivity (Wildman–Crippen MR) is 555 cm³/mol. The Labute approximate surface area is 765 Å². The summed E-state index contributed by atoms with van der Waals surface area (Å²) in [6.07, 6.45) is 0. The largest absolute Gasteiger partial charge is 0.456 e. The van der Waals surface area contributed by atoms with Crippen LogP contribution in [0.3, 0.4) is 0 Å². The zero-order valence-electron chi connectivity index (χ0n) is 70.4. The quantitative estimate of drug-likeness (QED) is 0.147. The first-order chi connectivity index (χ1) is 65.3. The molecule has 0 aliphatic heterocycles. The molecule has 0 atom stereocenters. The third-order valence-corrected chi connectivity index (χ3v) is 29.4. The Morgan fingerprint density at radius 1 is 0.152 bits per heavy atom. The van der Waals surface area contributed by atoms with Gasteiger partial charge in [0.25, 0.3) is 0 Å². The zero-order valence-corrected chi connectivity index (χ0v) is 72.8. The van der Waals surface area contributed by atoms with Crippen LogP contribution < -0.4 is 0 Å². The molecule has 0 amide bonds. The van der Waals surface area contributed by atoms with E-state index in [1.807, 2.05) is 88.6 Å². The first kappa shape index (κ1) is 75.4. The molecule has 0 spiro atoms. The number of thiophene rings is 3. The Balaban J connectivity index is 0.000000102. The minimum atomic E-state index is 0.693. The second-order valence-corrected chi connectivity index (χ2v) is 37.0. The smallest absolute Gasteiger partial charge is 0.160 e. The monoisotopic (exact) mass is 1740 g/mol. The fraction of sp³-hybridized carbons (Fsp3) is 0. The summed E-state index contributed by atoms with van der Waals surface area (Å²) in [6, 6.07) is 145. The van der Waals surface area contributed by atoms with E-state index in [2.05, 4.69) is 358 Å². The van der Waals surface area contributed by atoms with Gasteiger partial charge in [0.15, 0.2) is 17.5 Å². The highest BCUT2D eigenvalue weighted by Gasteiger charge is 2.25. The maximum Gasteiger partial charge on any atom is 0.160 e. The lowest BCUT2D eigenvalue weighted by molar-refractivity contribution is 0.668. The van der Waals surface area contributed by atoms with Gasteiger partial charge in [-0.05, 0) is 194 Å². The lowest BCUT2D eigenvalue weighted by Gasteiger charge is -2.11. The molecule has 0 saturated carbocycles. The Bertz CT molecular complexity index is 9820. The van der Waals surface area contributed by atoms with E-state index in [9.17, 15) is 0 Å². The molecule has 0 radical (unpaired) electrons. The third-order valence-electron chi connectivity index (χ3n) is 26.0. The van der Waals surface area contributed by atoms with Gasteiger partial charge in [0.05, 0.1) is 39.0 Å². The van der Waals surface area contributed by atoms with E-state index in [1.165, 1.54) is 93.0 Å². The maximum absolute atomic E-state index is 6.44. The first-order valence-electron chi connectivity index (χ1n) is 44.1. The molecule has 29 rings (SSSR count). The van der Waals surface area contributed by atoms with Gasteiger partial charge in [-0.25, -0.2) is 29.9 Å². The Morgan fingerprint density at radius 3 is 1.05 bits per heavy atom. The fourth-order valence-electron chi connectivity index (χ4n) is 19.6. The molecule has 0 unspecified atom stereocenters. The van der Waals surface area contributed by atoms with E-state index in [4.69, 9.17) is 43.2 Å². The van der Waals surface area contributed by atoms with Crippen LogP contribution in [0.25, 0.3) is 282 Å². The molecule has 9 heterocycles. The van der Waals surface area contributed by atoms with Crippen molar-refractivity contribution in [2.75, 3.05) is 0 Å². The summed E-state index contributed by atoms with van der Waals surface area (Å²) in [7, 11) is 0. The van der Waals surface area contributed by atoms with Gasteiger partial charge in [-0.2, -0.15) is 0 Å². The Morgan fingerprint density at radius 2 is 0.492 bits per heavy atom. The van der Waals surface area contributed by atoms with Crippen molar-refractivity contribution in [3.8, 4) is 90.2 Å². The number of hydrogen-bond donors (Lipinski definition) is 0. The molecule has 12 heteroatoms. The van der Waals surface area contributed by atoms with Crippen LogP contribution in [0, 0.1) is 0 Å². The highest BCUT2D eigenvalue weighted by molar-refractivity contribution is 7.27. The number of fused-ring (bicyclic) bond motifs is 27. The van der Waals surface area contributed by atoms with Crippen LogP contribution in [-0.2, 0) is 0 Å². The van der Waals surface area contributed by atoms with Crippen LogP contribution in [0.2, 0.25) is 0 Å². The summed E-state index contributed by atoms with van der Waals surface area (Å²) in [6.45, 7) is 0. The second kappa shape index (κ2) is 30.5. The number of rotatable bonds is 8. The topological polar surface area (TPSA) is 117 Å². The van der Waals surface area contributed by atoms with Gasteiger partial charge in [0.1, 0.15) is 33.5 Å². The van der Waals surface area contributed by atoms with Crippen molar-refractivity contribution in [3.63, 3.8) is 0 Å². The molecule has 0 bridgehead atoms. The van der Waals surface area contributed by atoms with Crippen LogP contribution in [0.15, 0.2) is 426 Å². The van der Waals surface area contributed by atoms with E-state index < -0.39 is 0 Å². The summed E-state index contributed by atoms with van der Waals surface area (Å²) in [5.41, 5.74) is 21.7. The molecule has 0 N–H and O–H groups in total. The van der Waals surface area contributed by atoms with E-state index >= 15 is 0 Å². The molecule has 9 nitrogen and oxygen atoms in total. The number of hydrogen-bond acceptors (Lipinski definition) is 12. The van der Waals surface area contributed by atoms with Crippen molar-refractivity contribution in [3.05, 3.63) is 413 Å². The third kappa shape index (κ3) is 12.7. The van der Waals surface area contributed by atoms with Crippen LogP contribution in [-0.4, -0.2) is 29.9 Å². The molecule has 20 aromatic carbocycles. The lowest BCUT2D eigenvalue weighted by atomic mass is 9.99. The van der Waals surface area contributed by atoms with Crippen LogP contribution in [0.1, 0.15) is 0 Å². The molecule has 614 valence electrons. The van der Waals surface area contributed by atoms with Crippen molar-refractivity contribution < 1.29 is 13.3 Å². The average molecular weight is 1740 g/mol. The number of aromatic nitrogens is 6. The maximum atomic E-state index is 6.44. The average Bonchev–Trinajstić information content (AvgIpc) is 1.56. The Kier molecular flexibility index (Phi) is 17.4. The summed E-state index contributed by atoms with van der Waals surface area (Å²) >= 11 is 5.50. The van der Waals surface area contributed by atoms with Crippen LogP contribution in [0.5, 0.6) is 0 Å². The first-order valence-corrected chi connectivity index (χ1v) is 46.6. The molecular weight excluding hydrogens is 1670 g/mol. The SMILES string of the molecule is c1ccc(-c2nc(-c3ccc(-c4ccc5oc6ccccc6c5c4)cc3)nc3c2ccc2sc4cc5ccccc5cc4c23)cc1.c1ccc(-c2nc(-c3ccc4oc5ccccc5c4c3)nc3c2ccc2sc4cc5ccccc5cc4c23)cc1.c1ccc(-c2nc(-c3cccc(-c4ccc5sc6ccccc6c5c4)c3)nc3c2ccc2oc4cc5ccccc5cc4c23)cc1. The fourth-order valence-corrected chi connectivity index (χ4v) is 22.9. The normalized spacial score (nSPS) is 11.9. The summed E-state index contributed by atoms with van der Waals surface area (Å²) in [5, 5.41) is 24.4. The summed E-state index contributed by atoms with van der Waals surface area (Å²) in [5.74, 6) is 2.13. The zero-order chi connectivity index (χ0) is 86.6. The summed E-state index contributed by atoms with van der Waals surface area (Å²) in [4.78, 5) is 31.6. The van der Waals surface area contributed by atoms with Crippen LogP contribution >= 0.6 is 34.0 Å². The minimum Gasteiger partial charge on any atom is -0.456 e. The molecule has 0 saturated heterocycles. The van der Waals surface area contributed by atoms with Crippen molar-refractivity contribution in [2.24, 2.45) is 0 Å². The van der Waals surface area contributed by atoms with Crippen LogP contribution in [0.4, 0.5) is 0 Å². The van der Waals surface area contributed by atoms with E-state index in [-0.39, 0.29) is 0 Å². The van der Waals surface area contributed by atoms with E-state index in [0.29, 0.717) is 11.6 Å². The van der Waals surface area contributed by atoms with Gasteiger partial charge in [-0.3, -0.25) is 0 Å². The predicted octanol–water partition coefficient (Wildman–Crippen LogP) is 34.5. The minimum absolute atomic E-state index is 0.693. The summed E-state index contributed by atoms with van der Waals surface area (Å²) < 4.78 is 26.2. The Hall–Kier alpha value is -16.7. The molecule has 0 aliphatic rings. The highest BCUT2D eigenvalue weighted by atomic mass is 32.1. The number of furan rings is 3.